The molecule has 2 heteroatoms. The molecule has 2 nitrogen and oxygen atoms in total. The van der Waals surface area contributed by atoms with Crippen molar-refractivity contribution in [1.82, 2.24) is 4.90 Å². The Kier molecular flexibility index (Phi) is 3.45. The highest BCUT2D eigenvalue weighted by Crippen LogP contribution is 2.41. The minimum atomic E-state index is -0.0248. The molecule has 0 aromatic carbocycles. The third kappa shape index (κ3) is 2.26. The lowest BCUT2D eigenvalue weighted by Gasteiger charge is -2.52. The van der Waals surface area contributed by atoms with E-state index in [1.165, 1.54) is 45.1 Å². The Balaban J connectivity index is 1.72. The van der Waals surface area contributed by atoms with E-state index in [9.17, 15) is 5.11 Å². The second kappa shape index (κ2) is 4.89. The molecule has 2 bridgehead atoms. The molecule has 0 aromatic heterocycles. The van der Waals surface area contributed by atoms with E-state index in [1.54, 1.807) is 0 Å². The molecule has 2 aliphatic heterocycles. The van der Waals surface area contributed by atoms with Gasteiger partial charge in [0.15, 0.2) is 0 Å². The summed E-state index contributed by atoms with van der Waals surface area (Å²) in [6.45, 7) is 3.66. The molecular weight excluding hydrogens is 210 g/mol. The topological polar surface area (TPSA) is 23.5 Å². The molecule has 2 saturated carbocycles. The molecule has 4 rings (SSSR count). The number of hydrogen-bond donors (Lipinski definition) is 1. The van der Waals surface area contributed by atoms with Crippen LogP contribution in [-0.4, -0.2) is 34.7 Å². The summed E-state index contributed by atoms with van der Waals surface area (Å²) in [6, 6.07) is 1.54. The van der Waals surface area contributed by atoms with Crippen LogP contribution in [0.1, 0.15) is 58.3 Å². The van der Waals surface area contributed by atoms with Gasteiger partial charge in [-0.1, -0.05) is 13.3 Å². The SMILES string of the molecule is CCC1CCC(O)CC1N1CC2CCC1CC2. The molecule has 1 N–H and O–H groups in total. The summed E-state index contributed by atoms with van der Waals surface area (Å²) < 4.78 is 0. The fraction of sp³-hybridized carbons (Fsp3) is 1.00. The van der Waals surface area contributed by atoms with Crippen molar-refractivity contribution < 1.29 is 5.11 Å². The first-order chi connectivity index (χ1) is 8.28. The van der Waals surface area contributed by atoms with E-state index in [0.717, 1.165) is 30.7 Å². The van der Waals surface area contributed by atoms with E-state index in [4.69, 9.17) is 0 Å². The van der Waals surface area contributed by atoms with Gasteiger partial charge in [-0.05, 0) is 56.8 Å². The van der Waals surface area contributed by atoms with Gasteiger partial charge in [0.2, 0.25) is 0 Å². The summed E-state index contributed by atoms with van der Waals surface area (Å²) in [4.78, 5) is 2.80. The third-order valence-electron chi connectivity index (χ3n) is 5.63. The normalized spacial score (nSPS) is 47.3. The van der Waals surface area contributed by atoms with Crippen LogP contribution in [0.3, 0.4) is 0 Å². The number of rotatable bonds is 2. The van der Waals surface area contributed by atoms with Crippen LogP contribution < -0.4 is 0 Å². The molecule has 2 saturated heterocycles. The smallest absolute Gasteiger partial charge is 0.0555 e. The summed E-state index contributed by atoms with van der Waals surface area (Å²) >= 11 is 0. The fourth-order valence-electron chi connectivity index (χ4n) is 4.58. The van der Waals surface area contributed by atoms with E-state index < -0.39 is 0 Å². The number of aliphatic hydroxyl groups excluding tert-OH is 1. The first-order valence-corrected chi connectivity index (χ1v) is 7.71. The lowest BCUT2D eigenvalue weighted by atomic mass is 9.74. The Bertz CT molecular complexity index is 260. The monoisotopic (exact) mass is 237 g/mol. The number of piperidine rings is 2. The van der Waals surface area contributed by atoms with Crippen LogP contribution in [0.5, 0.6) is 0 Å². The Morgan fingerprint density at radius 3 is 2.41 bits per heavy atom. The van der Waals surface area contributed by atoms with Gasteiger partial charge in [0, 0.05) is 18.6 Å². The maximum Gasteiger partial charge on any atom is 0.0555 e. The van der Waals surface area contributed by atoms with E-state index >= 15 is 0 Å². The van der Waals surface area contributed by atoms with Gasteiger partial charge in [-0.15, -0.1) is 0 Å². The highest BCUT2D eigenvalue weighted by Gasteiger charge is 2.41. The molecule has 0 radical (unpaired) electrons. The van der Waals surface area contributed by atoms with Crippen molar-refractivity contribution in [3.8, 4) is 0 Å². The largest absolute Gasteiger partial charge is 0.393 e. The van der Waals surface area contributed by atoms with Crippen LogP contribution in [0.15, 0.2) is 0 Å². The summed E-state index contributed by atoms with van der Waals surface area (Å²) in [5.41, 5.74) is 0. The molecule has 0 spiro atoms. The van der Waals surface area contributed by atoms with Crippen LogP contribution in [0.4, 0.5) is 0 Å². The van der Waals surface area contributed by atoms with E-state index in [0.29, 0.717) is 6.04 Å². The Morgan fingerprint density at radius 1 is 1.06 bits per heavy atom. The van der Waals surface area contributed by atoms with Gasteiger partial charge in [0.05, 0.1) is 6.10 Å². The van der Waals surface area contributed by atoms with Gasteiger partial charge in [0.25, 0.3) is 0 Å². The van der Waals surface area contributed by atoms with Gasteiger partial charge in [-0.2, -0.15) is 0 Å². The average Bonchev–Trinajstić information content (AvgIpc) is 2.40. The minimum absolute atomic E-state index is 0.0248. The molecule has 98 valence electrons. The van der Waals surface area contributed by atoms with Crippen molar-refractivity contribution in [1.29, 1.82) is 0 Å². The Morgan fingerprint density at radius 2 is 1.82 bits per heavy atom. The first-order valence-electron chi connectivity index (χ1n) is 7.71. The fourth-order valence-corrected chi connectivity index (χ4v) is 4.58. The summed E-state index contributed by atoms with van der Waals surface area (Å²) in [5, 5.41) is 9.97. The maximum atomic E-state index is 9.97. The lowest BCUT2D eigenvalue weighted by Crippen LogP contribution is -2.56. The van der Waals surface area contributed by atoms with Crippen molar-refractivity contribution in [2.24, 2.45) is 11.8 Å². The molecule has 2 heterocycles. The zero-order valence-electron chi connectivity index (χ0n) is 11.1. The van der Waals surface area contributed by atoms with Gasteiger partial charge >= 0.3 is 0 Å². The van der Waals surface area contributed by atoms with Crippen molar-refractivity contribution in [3.63, 3.8) is 0 Å². The molecule has 2 aliphatic carbocycles. The van der Waals surface area contributed by atoms with E-state index in [2.05, 4.69) is 11.8 Å². The van der Waals surface area contributed by atoms with E-state index in [-0.39, 0.29) is 6.10 Å². The quantitative estimate of drug-likeness (QED) is 0.798. The van der Waals surface area contributed by atoms with Gasteiger partial charge in [-0.3, -0.25) is 4.90 Å². The van der Waals surface area contributed by atoms with Gasteiger partial charge in [-0.25, -0.2) is 0 Å². The predicted octanol–water partition coefficient (Wildman–Crippen LogP) is 2.80. The predicted molar refractivity (Wildman–Crippen MR) is 69.9 cm³/mol. The van der Waals surface area contributed by atoms with Crippen LogP contribution >= 0.6 is 0 Å². The number of nitrogens with zero attached hydrogens (tertiary/aromatic N) is 1. The number of aliphatic hydroxyl groups is 1. The zero-order chi connectivity index (χ0) is 11.8. The Hall–Kier alpha value is -0.0800. The summed E-state index contributed by atoms with van der Waals surface area (Å²) in [6.07, 6.45) is 10.4. The molecule has 17 heavy (non-hydrogen) atoms. The second-order valence-corrected chi connectivity index (χ2v) is 6.57. The molecule has 4 fully saturated rings. The lowest BCUT2D eigenvalue weighted by molar-refractivity contribution is -0.0454. The number of fused-ring (bicyclic) bond motifs is 3. The van der Waals surface area contributed by atoms with Crippen LogP contribution in [-0.2, 0) is 0 Å². The van der Waals surface area contributed by atoms with E-state index in [1.807, 2.05) is 0 Å². The molecule has 0 amide bonds. The molecule has 3 unspecified atom stereocenters. The molecule has 3 atom stereocenters. The maximum absolute atomic E-state index is 9.97. The standard InChI is InChI=1S/C15H27NO/c1-2-12-5-8-14(17)9-15(12)16-10-11-3-6-13(16)7-4-11/h11-15,17H,2-10H2,1H3. The van der Waals surface area contributed by atoms with Gasteiger partial charge in [0.1, 0.15) is 0 Å². The molecular formula is C15H27NO. The van der Waals surface area contributed by atoms with Crippen LogP contribution in [0.2, 0.25) is 0 Å². The average molecular weight is 237 g/mol. The van der Waals surface area contributed by atoms with Crippen molar-refractivity contribution >= 4 is 0 Å². The van der Waals surface area contributed by atoms with Crippen LogP contribution in [0.25, 0.3) is 0 Å². The zero-order valence-corrected chi connectivity index (χ0v) is 11.1. The summed E-state index contributed by atoms with van der Waals surface area (Å²) in [5.74, 6) is 1.81. The molecule has 4 aliphatic rings. The molecule has 0 aromatic rings. The Labute approximate surface area is 105 Å². The number of hydrogen-bond acceptors (Lipinski definition) is 2. The highest BCUT2D eigenvalue weighted by molar-refractivity contribution is 4.95. The van der Waals surface area contributed by atoms with Gasteiger partial charge < -0.3 is 5.11 Å². The van der Waals surface area contributed by atoms with Crippen LogP contribution in [0, 0.1) is 11.8 Å². The highest BCUT2D eigenvalue weighted by atomic mass is 16.3. The summed E-state index contributed by atoms with van der Waals surface area (Å²) in [7, 11) is 0. The second-order valence-electron chi connectivity index (χ2n) is 6.57. The van der Waals surface area contributed by atoms with Crippen molar-refractivity contribution in [2.45, 2.75) is 76.5 Å². The van der Waals surface area contributed by atoms with Crippen molar-refractivity contribution in [2.75, 3.05) is 6.54 Å². The first kappa shape index (κ1) is 12.0. The minimum Gasteiger partial charge on any atom is -0.393 e. The third-order valence-corrected chi connectivity index (χ3v) is 5.63. The van der Waals surface area contributed by atoms with Crippen molar-refractivity contribution in [3.05, 3.63) is 0 Å².